The van der Waals surface area contributed by atoms with Gasteiger partial charge in [0, 0.05) is 20.1 Å². The lowest BCUT2D eigenvalue weighted by Gasteiger charge is -2.14. The van der Waals surface area contributed by atoms with E-state index in [2.05, 4.69) is 4.74 Å². The Morgan fingerprint density at radius 2 is 1.47 bits per heavy atom. The zero-order valence-electron chi connectivity index (χ0n) is 10.4. The van der Waals surface area contributed by atoms with Crippen LogP contribution in [-0.4, -0.2) is 35.4 Å². The van der Waals surface area contributed by atoms with Crippen molar-refractivity contribution < 1.29 is 24.5 Å². The molecule has 0 unspecified atom stereocenters. The average molecular weight is 246 g/mol. The second-order valence-electron chi connectivity index (χ2n) is 4.05. The molecular formula is C12H22O5. The standard InChI is InChI=1S/C12H22O5/c1-10(15)17-12(16)11(6-2-4-8-13)7-3-5-9-14/h11,13-14H,2-9H2,1H3. The van der Waals surface area contributed by atoms with Gasteiger partial charge in [0.2, 0.25) is 0 Å². The first-order valence-electron chi connectivity index (χ1n) is 6.05. The van der Waals surface area contributed by atoms with Gasteiger partial charge in [-0.05, 0) is 25.7 Å². The molecule has 0 aromatic rings. The highest BCUT2D eigenvalue weighted by Crippen LogP contribution is 2.17. The van der Waals surface area contributed by atoms with Crippen molar-refractivity contribution in [3.63, 3.8) is 0 Å². The minimum absolute atomic E-state index is 0.102. The molecule has 0 saturated heterocycles. The lowest BCUT2D eigenvalue weighted by atomic mass is 9.96. The molecule has 5 nitrogen and oxygen atoms in total. The van der Waals surface area contributed by atoms with E-state index in [4.69, 9.17) is 10.2 Å². The molecule has 2 N–H and O–H groups in total. The highest BCUT2D eigenvalue weighted by atomic mass is 16.6. The summed E-state index contributed by atoms with van der Waals surface area (Å²) in [7, 11) is 0. The van der Waals surface area contributed by atoms with Gasteiger partial charge < -0.3 is 14.9 Å². The van der Waals surface area contributed by atoms with E-state index in [1.54, 1.807) is 0 Å². The summed E-state index contributed by atoms with van der Waals surface area (Å²) in [6.45, 7) is 1.41. The summed E-state index contributed by atoms with van der Waals surface area (Å²) in [4.78, 5) is 22.3. The summed E-state index contributed by atoms with van der Waals surface area (Å²) in [5, 5.41) is 17.3. The second kappa shape index (κ2) is 10.2. The van der Waals surface area contributed by atoms with Gasteiger partial charge in [-0.1, -0.05) is 12.8 Å². The van der Waals surface area contributed by atoms with Crippen molar-refractivity contribution in [1.82, 2.24) is 0 Å². The Morgan fingerprint density at radius 1 is 1.00 bits per heavy atom. The van der Waals surface area contributed by atoms with E-state index in [-0.39, 0.29) is 19.1 Å². The van der Waals surface area contributed by atoms with Gasteiger partial charge in [-0.3, -0.25) is 9.59 Å². The number of esters is 2. The summed E-state index contributed by atoms with van der Waals surface area (Å²) in [5.41, 5.74) is 0. The Morgan fingerprint density at radius 3 is 1.82 bits per heavy atom. The van der Waals surface area contributed by atoms with Gasteiger partial charge in [-0.25, -0.2) is 0 Å². The second-order valence-corrected chi connectivity index (χ2v) is 4.05. The highest BCUT2D eigenvalue weighted by Gasteiger charge is 2.20. The van der Waals surface area contributed by atoms with E-state index in [1.807, 2.05) is 0 Å². The Labute approximate surface area is 102 Å². The van der Waals surface area contributed by atoms with Crippen LogP contribution in [0, 0.1) is 5.92 Å². The summed E-state index contributed by atoms with van der Waals surface area (Å²) in [6.07, 6.45) is 3.96. The SMILES string of the molecule is CC(=O)OC(=O)C(CCCCO)CCCCO. The Balaban J connectivity index is 4.07. The predicted molar refractivity (Wildman–Crippen MR) is 62.1 cm³/mol. The average Bonchev–Trinajstić information content (AvgIpc) is 2.26. The summed E-state index contributed by atoms with van der Waals surface area (Å²) in [5.74, 6) is -1.39. The minimum atomic E-state index is -0.593. The van der Waals surface area contributed by atoms with Crippen molar-refractivity contribution in [3.8, 4) is 0 Å². The van der Waals surface area contributed by atoms with Crippen LogP contribution in [0.1, 0.15) is 45.4 Å². The lowest BCUT2D eigenvalue weighted by molar-refractivity contribution is -0.161. The minimum Gasteiger partial charge on any atom is -0.396 e. The van der Waals surface area contributed by atoms with Gasteiger partial charge in [0.25, 0.3) is 0 Å². The van der Waals surface area contributed by atoms with Crippen LogP contribution in [0.4, 0.5) is 0 Å². The van der Waals surface area contributed by atoms with Crippen molar-refractivity contribution in [2.24, 2.45) is 5.92 Å². The number of aliphatic hydroxyl groups is 2. The molecule has 0 heterocycles. The maximum atomic E-state index is 11.6. The topological polar surface area (TPSA) is 83.8 Å². The van der Waals surface area contributed by atoms with Crippen LogP contribution in [0.15, 0.2) is 0 Å². The zero-order chi connectivity index (χ0) is 13.1. The van der Waals surface area contributed by atoms with E-state index in [1.165, 1.54) is 6.92 Å². The number of aliphatic hydroxyl groups excluding tert-OH is 2. The molecule has 0 aliphatic carbocycles. The molecule has 0 atom stereocenters. The van der Waals surface area contributed by atoms with E-state index in [0.717, 1.165) is 12.8 Å². The fourth-order valence-corrected chi connectivity index (χ4v) is 1.61. The monoisotopic (exact) mass is 246 g/mol. The van der Waals surface area contributed by atoms with Crippen molar-refractivity contribution in [2.45, 2.75) is 45.4 Å². The largest absolute Gasteiger partial charge is 0.396 e. The molecule has 0 radical (unpaired) electrons. The summed E-state index contributed by atoms with van der Waals surface area (Å²) < 4.78 is 4.57. The number of carbonyl (C=O) groups excluding carboxylic acids is 2. The molecule has 0 aromatic heterocycles. The zero-order valence-corrected chi connectivity index (χ0v) is 10.4. The number of unbranched alkanes of at least 4 members (excludes halogenated alkanes) is 2. The van der Waals surface area contributed by atoms with Crippen LogP contribution in [0.2, 0.25) is 0 Å². The van der Waals surface area contributed by atoms with Gasteiger partial charge in [0.05, 0.1) is 5.92 Å². The maximum Gasteiger partial charge on any atom is 0.316 e. The van der Waals surface area contributed by atoms with E-state index >= 15 is 0 Å². The number of hydrogen-bond donors (Lipinski definition) is 2. The van der Waals surface area contributed by atoms with Crippen LogP contribution < -0.4 is 0 Å². The molecule has 0 aliphatic heterocycles. The molecule has 0 spiro atoms. The van der Waals surface area contributed by atoms with Gasteiger partial charge >= 0.3 is 11.9 Å². The fourth-order valence-electron chi connectivity index (χ4n) is 1.61. The molecule has 17 heavy (non-hydrogen) atoms. The van der Waals surface area contributed by atoms with Crippen molar-refractivity contribution in [3.05, 3.63) is 0 Å². The summed E-state index contributed by atoms with van der Waals surface area (Å²) >= 11 is 0. The van der Waals surface area contributed by atoms with Gasteiger partial charge in [-0.2, -0.15) is 0 Å². The van der Waals surface area contributed by atoms with E-state index < -0.39 is 11.9 Å². The Hall–Kier alpha value is -0.940. The van der Waals surface area contributed by atoms with Gasteiger partial charge in [0.15, 0.2) is 0 Å². The maximum absolute atomic E-state index is 11.6. The van der Waals surface area contributed by atoms with Crippen LogP contribution in [0.5, 0.6) is 0 Å². The van der Waals surface area contributed by atoms with Crippen molar-refractivity contribution >= 4 is 11.9 Å². The number of carbonyl (C=O) groups is 2. The summed E-state index contributed by atoms with van der Waals surface area (Å²) in [6, 6.07) is 0. The molecule has 0 amide bonds. The third-order valence-corrected chi connectivity index (χ3v) is 2.50. The first-order valence-corrected chi connectivity index (χ1v) is 6.05. The first-order chi connectivity index (χ1) is 8.11. The van der Waals surface area contributed by atoms with Gasteiger partial charge in [-0.15, -0.1) is 0 Å². The highest BCUT2D eigenvalue weighted by molar-refractivity contribution is 5.85. The third-order valence-electron chi connectivity index (χ3n) is 2.50. The molecule has 0 fully saturated rings. The number of ether oxygens (including phenoxy) is 1. The fraction of sp³-hybridized carbons (Fsp3) is 0.833. The smallest absolute Gasteiger partial charge is 0.316 e. The van der Waals surface area contributed by atoms with E-state index in [9.17, 15) is 9.59 Å². The van der Waals surface area contributed by atoms with Crippen LogP contribution >= 0.6 is 0 Å². The van der Waals surface area contributed by atoms with E-state index in [0.29, 0.717) is 25.7 Å². The first kappa shape index (κ1) is 16.1. The number of rotatable bonds is 9. The van der Waals surface area contributed by atoms with Crippen molar-refractivity contribution in [1.29, 1.82) is 0 Å². The Kier molecular flexibility index (Phi) is 9.66. The normalized spacial score (nSPS) is 10.6. The third kappa shape index (κ3) is 8.83. The molecule has 0 aromatic carbocycles. The van der Waals surface area contributed by atoms with Crippen molar-refractivity contribution in [2.75, 3.05) is 13.2 Å². The lowest BCUT2D eigenvalue weighted by Crippen LogP contribution is -2.20. The molecule has 5 heteroatoms. The molecule has 0 rings (SSSR count). The van der Waals surface area contributed by atoms with Crippen LogP contribution in [-0.2, 0) is 14.3 Å². The molecule has 0 aliphatic rings. The van der Waals surface area contributed by atoms with Crippen LogP contribution in [0.3, 0.4) is 0 Å². The molecular weight excluding hydrogens is 224 g/mol. The Bertz CT molecular complexity index is 217. The number of hydrogen-bond acceptors (Lipinski definition) is 5. The molecule has 100 valence electrons. The van der Waals surface area contributed by atoms with Gasteiger partial charge in [0.1, 0.15) is 0 Å². The quantitative estimate of drug-likeness (QED) is 0.360. The van der Waals surface area contributed by atoms with Crippen LogP contribution in [0.25, 0.3) is 0 Å². The molecule has 0 bridgehead atoms. The molecule has 0 saturated carbocycles. The predicted octanol–water partition coefficient (Wildman–Crippen LogP) is 1.02.